The number of rotatable bonds is 4. The molecule has 0 radical (unpaired) electrons. The minimum Gasteiger partial charge on any atom is -0.393 e. The molecule has 4 nitrogen and oxygen atoms in total. The molecule has 1 fully saturated rings. The number of hydrogen-bond acceptors (Lipinski definition) is 3. The molecule has 1 aliphatic carbocycles. The highest BCUT2D eigenvalue weighted by molar-refractivity contribution is 7.89. The van der Waals surface area contributed by atoms with E-state index >= 15 is 0 Å². The quantitative estimate of drug-likeness (QED) is 0.895. The number of halogens is 1. The summed E-state index contributed by atoms with van der Waals surface area (Å²) in [5.74, 6) is 0.0161. The standard InChI is InChI=1S/C13H18ClNO3S/c1-9-7-11(14)5-6-13(9)19(17,18)15-8-10-3-2-4-12(10)16/h5-7,10,12,15-16H,2-4,8H2,1H3. The molecule has 0 spiro atoms. The Bertz CT molecular complexity index is 559. The van der Waals surface area contributed by atoms with Gasteiger partial charge in [0.2, 0.25) is 10.0 Å². The van der Waals surface area contributed by atoms with Crippen molar-refractivity contribution in [1.82, 2.24) is 4.72 Å². The van der Waals surface area contributed by atoms with Gasteiger partial charge in [-0.15, -0.1) is 0 Å². The number of aryl methyl sites for hydroxylation is 1. The van der Waals surface area contributed by atoms with E-state index in [2.05, 4.69) is 4.72 Å². The van der Waals surface area contributed by atoms with Gasteiger partial charge in [0.25, 0.3) is 0 Å². The van der Waals surface area contributed by atoms with E-state index in [-0.39, 0.29) is 17.4 Å². The van der Waals surface area contributed by atoms with Crippen LogP contribution in [0.5, 0.6) is 0 Å². The maximum atomic E-state index is 12.2. The first kappa shape index (κ1) is 14.8. The predicted molar refractivity (Wildman–Crippen MR) is 74.7 cm³/mol. The van der Waals surface area contributed by atoms with Crippen molar-refractivity contribution in [2.75, 3.05) is 6.54 Å². The zero-order chi connectivity index (χ0) is 14.0. The van der Waals surface area contributed by atoms with Crippen molar-refractivity contribution < 1.29 is 13.5 Å². The molecule has 1 aromatic carbocycles. The summed E-state index contributed by atoms with van der Waals surface area (Å²) in [6.07, 6.45) is 2.18. The summed E-state index contributed by atoms with van der Waals surface area (Å²) in [5, 5.41) is 10.2. The summed E-state index contributed by atoms with van der Waals surface area (Å²) in [4.78, 5) is 0.240. The molecule has 1 aromatic rings. The van der Waals surface area contributed by atoms with Crippen molar-refractivity contribution in [1.29, 1.82) is 0 Å². The Hall–Kier alpha value is -0.620. The Balaban J connectivity index is 2.09. The van der Waals surface area contributed by atoms with Gasteiger partial charge < -0.3 is 5.11 Å². The minimum absolute atomic E-state index is 0.0161. The Labute approximate surface area is 118 Å². The zero-order valence-corrected chi connectivity index (χ0v) is 12.3. The lowest BCUT2D eigenvalue weighted by molar-refractivity contribution is 0.134. The molecule has 0 bridgehead atoms. The van der Waals surface area contributed by atoms with Crippen LogP contribution in [0.1, 0.15) is 24.8 Å². The van der Waals surface area contributed by atoms with E-state index in [9.17, 15) is 13.5 Å². The Kier molecular flexibility index (Phi) is 4.50. The number of hydrogen-bond donors (Lipinski definition) is 2. The van der Waals surface area contributed by atoms with Crippen LogP contribution in [0.15, 0.2) is 23.1 Å². The van der Waals surface area contributed by atoms with Crippen LogP contribution in [-0.4, -0.2) is 26.2 Å². The second-order valence-electron chi connectivity index (χ2n) is 5.02. The van der Waals surface area contributed by atoms with Crippen molar-refractivity contribution in [3.63, 3.8) is 0 Å². The van der Waals surface area contributed by atoms with Gasteiger partial charge >= 0.3 is 0 Å². The fourth-order valence-corrected chi connectivity index (χ4v) is 4.01. The Morgan fingerprint density at radius 3 is 2.74 bits per heavy atom. The van der Waals surface area contributed by atoms with E-state index in [1.165, 1.54) is 6.07 Å². The molecule has 2 atom stereocenters. The van der Waals surface area contributed by atoms with Gasteiger partial charge in [0, 0.05) is 11.6 Å². The van der Waals surface area contributed by atoms with Gasteiger partial charge in [0.1, 0.15) is 0 Å². The zero-order valence-electron chi connectivity index (χ0n) is 10.8. The van der Waals surface area contributed by atoms with Gasteiger partial charge in [0.05, 0.1) is 11.0 Å². The summed E-state index contributed by atoms with van der Waals surface area (Å²) in [7, 11) is -3.54. The minimum atomic E-state index is -3.54. The molecule has 19 heavy (non-hydrogen) atoms. The van der Waals surface area contributed by atoms with Gasteiger partial charge in [-0.25, -0.2) is 13.1 Å². The van der Waals surface area contributed by atoms with Crippen LogP contribution < -0.4 is 4.72 Å². The lowest BCUT2D eigenvalue weighted by Crippen LogP contribution is -2.32. The monoisotopic (exact) mass is 303 g/mol. The normalized spacial score (nSPS) is 23.7. The topological polar surface area (TPSA) is 66.4 Å². The van der Waals surface area contributed by atoms with Crippen LogP contribution in [-0.2, 0) is 10.0 Å². The van der Waals surface area contributed by atoms with Crippen LogP contribution in [0.2, 0.25) is 5.02 Å². The van der Waals surface area contributed by atoms with Crippen LogP contribution in [0.3, 0.4) is 0 Å². The number of sulfonamides is 1. The van der Waals surface area contributed by atoms with Crippen molar-refractivity contribution >= 4 is 21.6 Å². The first-order valence-corrected chi connectivity index (χ1v) is 8.20. The average Bonchev–Trinajstić information content (AvgIpc) is 2.72. The highest BCUT2D eigenvalue weighted by atomic mass is 35.5. The molecule has 1 aliphatic rings. The number of benzene rings is 1. The van der Waals surface area contributed by atoms with Crippen molar-refractivity contribution in [2.45, 2.75) is 37.2 Å². The molecule has 0 aromatic heterocycles. The highest BCUT2D eigenvalue weighted by Crippen LogP contribution is 2.25. The van der Waals surface area contributed by atoms with E-state index in [1.54, 1.807) is 19.1 Å². The Morgan fingerprint density at radius 1 is 1.42 bits per heavy atom. The molecular weight excluding hydrogens is 286 g/mol. The lowest BCUT2D eigenvalue weighted by Gasteiger charge is -2.16. The van der Waals surface area contributed by atoms with Gasteiger partial charge in [-0.3, -0.25) is 0 Å². The third kappa shape index (κ3) is 3.48. The summed E-state index contributed by atoms with van der Waals surface area (Å²) in [6.45, 7) is 2.00. The van der Waals surface area contributed by atoms with E-state index in [4.69, 9.17) is 11.6 Å². The highest BCUT2D eigenvalue weighted by Gasteiger charge is 2.27. The number of aliphatic hydroxyl groups is 1. The van der Waals surface area contributed by atoms with Gasteiger partial charge in [0.15, 0.2) is 0 Å². The van der Waals surface area contributed by atoms with Crippen LogP contribution in [0.25, 0.3) is 0 Å². The van der Waals surface area contributed by atoms with Crippen molar-refractivity contribution in [3.8, 4) is 0 Å². The summed E-state index contributed by atoms with van der Waals surface area (Å²) < 4.78 is 27.0. The molecule has 106 valence electrons. The predicted octanol–water partition coefficient (Wildman–Crippen LogP) is 2.09. The van der Waals surface area contributed by atoms with Crippen LogP contribution in [0, 0.1) is 12.8 Å². The first-order valence-electron chi connectivity index (χ1n) is 6.34. The fraction of sp³-hybridized carbons (Fsp3) is 0.538. The van der Waals surface area contributed by atoms with Gasteiger partial charge in [-0.05, 0) is 49.4 Å². The molecule has 1 saturated carbocycles. The smallest absolute Gasteiger partial charge is 0.240 e. The lowest BCUT2D eigenvalue weighted by atomic mass is 10.1. The molecule has 2 N–H and O–H groups in total. The first-order chi connectivity index (χ1) is 8.90. The van der Waals surface area contributed by atoms with E-state index in [1.807, 2.05) is 0 Å². The summed E-state index contributed by atoms with van der Waals surface area (Å²) in [6, 6.07) is 4.69. The van der Waals surface area contributed by atoms with Crippen molar-refractivity contribution in [3.05, 3.63) is 28.8 Å². The number of aliphatic hydroxyl groups excluding tert-OH is 1. The molecule has 2 rings (SSSR count). The second-order valence-corrected chi connectivity index (χ2v) is 7.19. The SMILES string of the molecule is Cc1cc(Cl)ccc1S(=O)(=O)NCC1CCCC1O. The third-order valence-electron chi connectivity index (χ3n) is 3.58. The van der Waals surface area contributed by atoms with Gasteiger partial charge in [-0.1, -0.05) is 18.0 Å². The molecule has 0 aliphatic heterocycles. The van der Waals surface area contributed by atoms with Crippen molar-refractivity contribution in [2.24, 2.45) is 5.92 Å². The average molecular weight is 304 g/mol. The molecule has 2 unspecified atom stereocenters. The van der Waals surface area contributed by atoms with E-state index in [0.717, 1.165) is 19.3 Å². The van der Waals surface area contributed by atoms with E-state index < -0.39 is 16.1 Å². The molecule has 0 saturated heterocycles. The maximum absolute atomic E-state index is 12.2. The van der Waals surface area contributed by atoms with E-state index in [0.29, 0.717) is 10.6 Å². The third-order valence-corrected chi connectivity index (χ3v) is 5.40. The van der Waals surface area contributed by atoms with Crippen LogP contribution >= 0.6 is 11.6 Å². The molecule has 0 amide bonds. The van der Waals surface area contributed by atoms with Crippen LogP contribution in [0.4, 0.5) is 0 Å². The largest absolute Gasteiger partial charge is 0.393 e. The Morgan fingerprint density at radius 2 is 2.16 bits per heavy atom. The van der Waals surface area contributed by atoms with Gasteiger partial charge in [-0.2, -0.15) is 0 Å². The second kappa shape index (κ2) is 5.79. The summed E-state index contributed by atoms with van der Waals surface area (Å²) in [5.41, 5.74) is 0.618. The number of nitrogens with one attached hydrogen (secondary N) is 1. The molecule has 6 heteroatoms. The molecular formula is C13H18ClNO3S. The summed E-state index contributed by atoms with van der Waals surface area (Å²) >= 11 is 5.82. The maximum Gasteiger partial charge on any atom is 0.240 e. The fourth-order valence-electron chi connectivity index (χ4n) is 2.46. The molecule has 0 heterocycles.